The standard InChI is InChI=1S/C37H65N7O6/c1-12-24(4)33(43(9)37(48)31(26(6)38)41-36(47)32(23(2)3)42(7)8)29(49-10)22-30(45)44-21-15-17-28(44)34(50-11)25(5)35(46)40-20-18-27-16-13-14-19-39-27/h13-14,16,19,23-26,28-29,31-34H,12,15,17-18,20-22,38H2,1-11H3,(H,40,46)(H,41,47)/t24-,25+,26-,28-,29+,31-,32?,33-,34+/m0/s1. The lowest BCUT2D eigenvalue weighted by Gasteiger charge is -2.41. The molecule has 2 heterocycles. The summed E-state index contributed by atoms with van der Waals surface area (Å²) < 4.78 is 11.9. The molecule has 1 aromatic heterocycles. The first-order valence-electron chi connectivity index (χ1n) is 18.1. The van der Waals surface area contributed by atoms with Crippen molar-refractivity contribution in [1.29, 1.82) is 0 Å². The van der Waals surface area contributed by atoms with Crippen LogP contribution in [-0.2, 0) is 35.1 Å². The number of rotatable bonds is 20. The van der Waals surface area contributed by atoms with E-state index in [2.05, 4.69) is 15.6 Å². The molecule has 1 aliphatic rings. The molecule has 1 fully saturated rings. The second kappa shape index (κ2) is 20.7. The van der Waals surface area contributed by atoms with Gasteiger partial charge in [0.2, 0.25) is 23.6 Å². The van der Waals surface area contributed by atoms with Crippen LogP contribution in [0.25, 0.3) is 0 Å². The molecule has 1 saturated heterocycles. The van der Waals surface area contributed by atoms with Gasteiger partial charge in [0.05, 0.1) is 42.7 Å². The van der Waals surface area contributed by atoms with Crippen molar-refractivity contribution >= 4 is 23.6 Å². The normalized spacial score (nSPS) is 19.6. The van der Waals surface area contributed by atoms with E-state index in [1.54, 1.807) is 39.3 Å². The summed E-state index contributed by atoms with van der Waals surface area (Å²) >= 11 is 0. The van der Waals surface area contributed by atoms with Gasteiger partial charge in [0.1, 0.15) is 6.04 Å². The molecule has 4 amide bonds. The average molecular weight is 704 g/mol. The maximum atomic E-state index is 14.1. The van der Waals surface area contributed by atoms with Gasteiger partial charge in [-0.3, -0.25) is 29.1 Å². The summed E-state index contributed by atoms with van der Waals surface area (Å²) in [4.78, 5) is 64.2. The highest BCUT2D eigenvalue weighted by Gasteiger charge is 2.43. The van der Waals surface area contributed by atoms with Crippen LogP contribution in [0.15, 0.2) is 24.4 Å². The zero-order chi connectivity index (χ0) is 37.7. The van der Waals surface area contributed by atoms with Crippen LogP contribution in [0.1, 0.15) is 72.9 Å². The molecule has 0 spiro atoms. The lowest BCUT2D eigenvalue weighted by Crippen LogP contribution is -2.62. The van der Waals surface area contributed by atoms with Crippen LogP contribution in [0.5, 0.6) is 0 Å². The third-order valence-electron chi connectivity index (χ3n) is 10.2. The number of carbonyl (C=O) groups is 4. The van der Waals surface area contributed by atoms with Gasteiger partial charge >= 0.3 is 0 Å². The van der Waals surface area contributed by atoms with E-state index in [1.807, 2.05) is 76.7 Å². The molecular weight excluding hydrogens is 638 g/mol. The zero-order valence-corrected chi connectivity index (χ0v) is 32.3. The number of carbonyl (C=O) groups excluding carboxylic acids is 4. The van der Waals surface area contributed by atoms with E-state index in [1.165, 1.54) is 0 Å². The molecule has 50 heavy (non-hydrogen) atoms. The quantitative estimate of drug-likeness (QED) is 0.185. The number of pyridine rings is 1. The Kier molecular flexibility index (Phi) is 17.8. The molecule has 0 saturated carbocycles. The molecule has 13 nitrogen and oxygen atoms in total. The second-order valence-electron chi connectivity index (χ2n) is 14.4. The minimum absolute atomic E-state index is 0.0185. The lowest BCUT2D eigenvalue weighted by molar-refractivity contribution is -0.147. The number of likely N-dealkylation sites (N-methyl/N-ethyl adjacent to an activating group) is 2. The molecule has 0 radical (unpaired) electrons. The van der Waals surface area contributed by atoms with Crippen molar-refractivity contribution in [3.63, 3.8) is 0 Å². The van der Waals surface area contributed by atoms with Crippen LogP contribution >= 0.6 is 0 Å². The fourth-order valence-electron chi connectivity index (χ4n) is 7.34. The molecule has 13 heteroatoms. The fourth-order valence-corrected chi connectivity index (χ4v) is 7.34. The number of hydrogen-bond acceptors (Lipinski definition) is 9. The van der Waals surface area contributed by atoms with Gasteiger partial charge in [0, 0.05) is 58.7 Å². The van der Waals surface area contributed by atoms with Crippen molar-refractivity contribution in [3.8, 4) is 0 Å². The molecule has 1 aliphatic heterocycles. The summed E-state index contributed by atoms with van der Waals surface area (Å²) in [6, 6.07) is 2.88. The van der Waals surface area contributed by atoms with Crippen LogP contribution in [0.2, 0.25) is 0 Å². The first-order chi connectivity index (χ1) is 23.6. The first kappa shape index (κ1) is 43.0. The van der Waals surface area contributed by atoms with Crippen molar-refractivity contribution in [1.82, 2.24) is 30.3 Å². The van der Waals surface area contributed by atoms with Gasteiger partial charge in [-0.25, -0.2) is 0 Å². The molecule has 0 aliphatic carbocycles. The largest absolute Gasteiger partial charge is 0.379 e. The third-order valence-corrected chi connectivity index (χ3v) is 10.2. The average Bonchev–Trinajstić information content (AvgIpc) is 3.56. The van der Waals surface area contributed by atoms with Crippen LogP contribution in [0, 0.1) is 17.8 Å². The van der Waals surface area contributed by atoms with Crippen LogP contribution in [-0.4, -0.2) is 134 Å². The Labute approximate surface area is 300 Å². The molecular formula is C37H65N7O6. The summed E-state index contributed by atoms with van der Waals surface area (Å²) in [5.74, 6) is -1.38. The fraction of sp³-hybridized carbons (Fsp3) is 0.757. The maximum Gasteiger partial charge on any atom is 0.246 e. The summed E-state index contributed by atoms with van der Waals surface area (Å²) in [5.41, 5.74) is 7.20. The second-order valence-corrected chi connectivity index (χ2v) is 14.4. The zero-order valence-electron chi connectivity index (χ0n) is 32.3. The lowest BCUT2D eigenvalue weighted by atomic mass is 9.89. The smallest absolute Gasteiger partial charge is 0.246 e. The van der Waals surface area contributed by atoms with E-state index >= 15 is 0 Å². The van der Waals surface area contributed by atoms with Crippen LogP contribution in [0.3, 0.4) is 0 Å². The molecule has 4 N–H and O–H groups in total. The summed E-state index contributed by atoms with van der Waals surface area (Å²) in [5, 5.41) is 5.92. The molecule has 284 valence electrons. The minimum Gasteiger partial charge on any atom is -0.379 e. The van der Waals surface area contributed by atoms with Crippen LogP contribution < -0.4 is 16.4 Å². The van der Waals surface area contributed by atoms with E-state index in [0.717, 1.165) is 18.5 Å². The van der Waals surface area contributed by atoms with Gasteiger partial charge in [0.25, 0.3) is 0 Å². The van der Waals surface area contributed by atoms with Crippen molar-refractivity contribution in [2.24, 2.45) is 23.5 Å². The Morgan fingerprint density at radius 2 is 1.72 bits per heavy atom. The van der Waals surface area contributed by atoms with Crippen molar-refractivity contribution < 1.29 is 28.7 Å². The number of methoxy groups -OCH3 is 2. The summed E-state index contributed by atoms with van der Waals surface area (Å²) in [6.07, 6.45) is 3.47. The Morgan fingerprint density at radius 3 is 2.24 bits per heavy atom. The minimum atomic E-state index is -0.963. The third kappa shape index (κ3) is 11.4. The number of likely N-dealkylation sites (tertiary alicyclic amines) is 1. The molecule has 0 aromatic carbocycles. The highest BCUT2D eigenvalue weighted by molar-refractivity contribution is 5.90. The number of nitrogens with one attached hydrogen (secondary N) is 2. The van der Waals surface area contributed by atoms with Gasteiger partial charge in [-0.05, 0) is 57.8 Å². The molecule has 1 unspecified atom stereocenters. The predicted octanol–water partition coefficient (Wildman–Crippen LogP) is 2.08. The van der Waals surface area contributed by atoms with Crippen molar-refractivity contribution in [2.45, 2.75) is 116 Å². The highest BCUT2D eigenvalue weighted by atomic mass is 16.5. The summed E-state index contributed by atoms with van der Waals surface area (Å²) in [6.45, 7) is 12.5. The van der Waals surface area contributed by atoms with E-state index in [0.29, 0.717) is 25.9 Å². The SMILES string of the molecule is CC[C@H](C)[C@@H]([C@@H](CC(=O)N1CCC[C@H]1[C@H](OC)[C@@H](C)C(=O)NCCc1ccccn1)OC)N(C)C(=O)[C@@H](NC(=O)C(C(C)C)N(C)C)[C@H](C)N. The van der Waals surface area contributed by atoms with Gasteiger partial charge in [-0.1, -0.05) is 47.1 Å². The van der Waals surface area contributed by atoms with Crippen molar-refractivity contribution in [2.75, 3.05) is 48.5 Å². The number of aromatic nitrogens is 1. The van der Waals surface area contributed by atoms with Gasteiger partial charge in [-0.15, -0.1) is 0 Å². The number of nitrogens with zero attached hydrogens (tertiary/aromatic N) is 4. The molecule has 1 aromatic rings. The Morgan fingerprint density at radius 1 is 1.04 bits per heavy atom. The van der Waals surface area contributed by atoms with Gasteiger partial charge < -0.3 is 35.6 Å². The monoisotopic (exact) mass is 703 g/mol. The van der Waals surface area contributed by atoms with E-state index < -0.39 is 42.3 Å². The maximum absolute atomic E-state index is 14.1. The first-order valence-corrected chi connectivity index (χ1v) is 18.1. The van der Waals surface area contributed by atoms with Gasteiger partial charge in [-0.2, -0.15) is 0 Å². The van der Waals surface area contributed by atoms with E-state index in [-0.39, 0.29) is 47.9 Å². The molecule has 9 atom stereocenters. The van der Waals surface area contributed by atoms with Gasteiger partial charge in [0.15, 0.2) is 0 Å². The Balaban J connectivity index is 2.21. The number of amides is 4. The Hall–Kier alpha value is -3.13. The predicted molar refractivity (Wildman–Crippen MR) is 195 cm³/mol. The van der Waals surface area contributed by atoms with E-state index in [9.17, 15) is 19.2 Å². The van der Waals surface area contributed by atoms with Crippen LogP contribution in [0.4, 0.5) is 0 Å². The highest BCUT2D eigenvalue weighted by Crippen LogP contribution is 2.29. The number of ether oxygens (including phenoxy) is 2. The number of nitrogens with two attached hydrogens (primary N) is 1. The topological polar surface area (TPSA) is 159 Å². The number of hydrogen-bond donors (Lipinski definition) is 3. The van der Waals surface area contributed by atoms with E-state index in [4.69, 9.17) is 15.2 Å². The van der Waals surface area contributed by atoms with Crippen molar-refractivity contribution in [3.05, 3.63) is 30.1 Å². The summed E-state index contributed by atoms with van der Waals surface area (Å²) in [7, 11) is 8.49. The molecule has 2 rings (SSSR count). The molecule has 0 bridgehead atoms. The Bertz CT molecular complexity index is 1210.